The summed E-state index contributed by atoms with van der Waals surface area (Å²) in [6.45, 7) is 6.57. The maximum Gasteiger partial charge on any atom is 0.126 e. The first-order chi connectivity index (χ1) is 8.43. The van der Waals surface area contributed by atoms with Crippen molar-refractivity contribution in [2.75, 3.05) is 11.9 Å². The van der Waals surface area contributed by atoms with Gasteiger partial charge in [-0.3, -0.25) is 0 Å². The molecule has 0 saturated heterocycles. The number of pyridine rings is 1. The van der Waals surface area contributed by atoms with Crippen LogP contribution in [0.5, 0.6) is 0 Å². The minimum Gasteiger partial charge on any atom is -0.388 e. The fraction of sp³-hybridized carbons (Fsp3) is 0.571. The van der Waals surface area contributed by atoms with E-state index in [2.05, 4.69) is 24.1 Å². The van der Waals surface area contributed by atoms with E-state index in [-0.39, 0.29) is 0 Å². The lowest BCUT2D eigenvalue weighted by molar-refractivity contribution is 0.0585. The minimum atomic E-state index is -0.736. The maximum atomic E-state index is 10.2. The van der Waals surface area contributed by atoms with E-state index >= 15 is 0 Å². The molecule has 0 radical (unpaired) electrons. The highest BCUT2D eigenvalue weighted by atomic mass is 16.3. The molecule has 1 unspecified atom stereocenters. The van der Waals surface area contributed by atoms with Crippen LogP contribution >= 0.6 is 0 Å². The largest absolute Gasteiger partial charge is 0.388 e. The lowest BCUT2D eigenvalue weighted by atomic mass is 9.95. The maximum absolute atomic E-state index is 10.2. The van der Waals surface area contributed by atoms with Crippen LogP contribution in [-0.4, -0.2) is 22.2 Å². The second-order valence-electron chi connectivity index (χ2n) is 5.33. The molecule has 1 atom stereocenters. The summed E-state index contributed by atoms with van der Waals surface area (Å²) in [5.74, 6) is 1.27. The van der Waals surface area contributed by atoms with Crippen LogP contribution in [0.3, 0.4) is 0 Å². The number of aliphatic hydroxyl groups is 1. The van der Waals surface area contributed by atoms with Crippen molar-refractivity contribution in [1.82, 2.24) is 4.98 Å². The molecule has 0 aliphatic heterocycles. The number of hydrogen-bond acceptors (Lipinski definition) is 4. The van der Waals surface area contributed by atoms with Crippen LogP contribution in [0, 0.1) is 17.2 Å². The van der Waals surface area contributed by atoms with E-state index in [0.717, 1.165) is 12.8 Å². The molecule has 0 aliphatic rings. The van der Waals surface area contributed by atoms with Crippen LogP contribution in [0.25, 0.3) is 0 Å². The average Bonchev–Trinajstić information content (AvgIpc) is 2.35. The van der Waals surface area contributed by atoms with Gasteiger partial charge in [-0.2, -0.15) is 5.26 Å². The Labute approximate surface area is 109 Å². The lowest BCUT2D eigenvalue weighted by Crippen LogP contribution is -2.33. The molecule has 0 aliphatic carbocycles. The molecule has 4 heteroatoms. The Morgan fingerprint density at radius 2 is 2.22 bits per heavy atom. The van der Waals surface area contributed by atoms with E-state index in [1.54, 1.807) is 12.1 Å². The van der Waals surface area contributed by atoms with Gasteiger partial charge in [0.15, 0.2) is 0 Å². The third-order valence-corrected chi connectivity index (χ3v) is 2.80. The molecule has 18 heavy (non-hydrogen) atoms. The minimum absolute atomic E-state index is 0.457. The van der Waals surface area contributed by atoms with Crippen LogP contribution in [0.2, 0.25) is 0 Å². The van der Waals surface area contributed by atoms with E-state index in [9.17, 15) is 5.11 Å². The molecule has 0 amide bonds. The summed E-state index contributed by atoms with van der Waals surface area (Å²) >= 11 is 0. The van der Waals surface area contributed by atoms with Crippen molar-refractivity contribution in [3.05, 3.63) is 23.9 Å². The molecule has 1 rings (SSSR count). The number of nitriles is 1. The van der Waals surface area contributed by atoms with E-state index in [1.165, 1.54) is 6.20 Å². The van der Waals surface area contributed by atoms with Crippen molar-refractivity contribution in [2.24, 2.45) is 5.92 Å². The summed E-state index contributed by atoms with van der Waals surface area (Å²) in [6, 6.07) is 5.47. The zero-order valence-electron chi connectivity index (χ0n) is 11.3. The zero-order chi connectivity index (χ0) is 13.6. The smallest absolute Gasteiger partial charge is 0.126 e. The first-order valence-corrected chi connectivity index (χ1v) is 6.25. The molecule has 0 bridgehead atoms. The molecule has 98 valence electrons. The topological polar surface area (TPSA) is 68.9 Å². The van der Waals surface area contributed by atoms with Crippen molar-refractivity contribution in [3.8, 4) is 6.07 Å². The van der Waals surface area contributed by atoms with Crippen molar-refractivity contribution in [1.29, 1.82) is 5.26 Å². The number of anilines is 1. The third kappa shape index (κ3) is 5.15. The summed E-state index contributed by atoms with van der Waals surface area (Å²) in [6.07, 6.45) is 3.27. The van der Waals surface area contributed by atoms with Crippen molar-refractivity contribution < 1.29 is 5.11 Å². The second-order valence-corrected chi connectivity index (χ2v) is 5.33. The SMILES string of the molecule is CC(C)CCC(C)(O)CNc1ccc(C#N)cn1. The van der Waals surface area contributed by atoms with Crippen molar-refractivity contribution in [3.63, 3.8) is 0 Å². The Bertz CT molecular complexity index is 404. The normalized spacial score (nSPS) is 14.0. The fourth-order valence-corrected chi connectivity index (χ4v) is 1.53. The van der Waals surface area contributed by atoms with Crippen molar-refractivity contribution in [2.45, 2.75) is 39.2 Å². The summed E-state index contributed by atoms with van der Waals surface area (Å²) in [7, 11) is 0. The van der Waals surface area contributed by atoms with Gasteiger partial charge in [-0.15, -0.1) is 0 Å². The molecule has 0 aromatic carbocycles. The zero-order valence-corrected chi connectivity index (χ0v) is 11.3. The highest BCUT2D eigenvalue weighted by Crippen LogP contribution is 2.17. The van der Waals surface area contributed by atoms with Crippen LogP contribution in [0.1, 0.15) is 39.2 Å². The number of aromatic nitrogens is 1. The predicted octanol–water partition coefficient (Wildman–Crippen LogP) is 2.55. The van der Waals surface area contributed by atoms with Gasteiger partial charge in [0, 0.05) is 12.7 Å². The van der Waals surface area contributed by atoms with Gasteiger partial charge in [-0.1, -0.05) is 13.8 Å². The fourth-order valence-electron chi connectivity index (χ4n) is 1.53. The third-order valence-electron chi connectivity index (χ3n) is 2.80. The first-order valence-electron chi connectivity index (χ1n) is 6.25. The highest BCUT2D eigenvalue weighted by molar-refractivity contribution is 5.39. The predicted molar refractivity (Wildman–Crippen MR) is 72.1 cm³/mol. The van der Waals surface area contributed by atoms with Gasteiger partial charge >= 0.3 is 0 Å². The van der Waals surface area contributed by atoms with E-state index in [0.29, 0.717) is 23.8 Å². The Morgan fingerprint density at radius 3 is 2.72 bits per heavy atom. The average molecular weight is 247 g/mol. The van der Waals surface area contributed by atoms with Crippen LogP contribution < -0.4 is 5.32 Å². The Kier molecular flexibility index (Phi) is 5.11. The summed E-state index contributed by atoms with van der Waals surface area (Å²) in [5, 5.41) is 21.9. The second kappa shape index (κ2) is 6.36. The first kappa shape index (κ1) is 14.5. The number of nitrogens with one attached hydrogen (secondary N) is 1. The molecule has 0 fully saturated rings. The van der Waals surface area contributed by atoms with Gasteiger partial charge in [0.05, 0.1) is 11.2 Å². The number of rotatable bonds is 6. The molecule has 1 heterocycles. The number of hydrogen-bond donors (Lipinski definition) is 2. The van der Waals surface area contributed by atoms with Gasteiger partial charge in [-0.05, 0) is 37.8 Å². The molecular formula is C14H21N3O. The van der Waals surface area contributed by atoms with Gasteiger partial charge in [0.1, 0.15) is 11.9 Å². The molecule has 1 aromatic rings. The Balaban J connectivity index is 2.45. The molecule has 4 nitrogen and oxygen atoms in total. The van der Waals surface area contributed by atoms with Gasteiger partial charge < -0.3 is 10.4 Å². The van der Waals surface area contributed by atoms with Gasteiger partial charge in [0.25, 0.3) is 0 Å². The standard InChI is InChI=1S/C14H21N3O/c1-11(2)6-7-14(3,18)10-17-13-5-4-12(8-15)9-16-13/h4-5,9,11,18H,6-7,10H2,1-3H3,(H,16,17). The number of nitrogens with zero attached hydrogens (tertiary/aromatic N) is 2. The van der Waals surface area contributed by atoms with Crippen LogP contribution in [-0.2, 0) is 0 Å². The molecule has 0 spiro atoms. The monoisotopic (exact) mass is 247 g/mol. The molecule has 0 saturated carbocycles. The molecule has 2 N–H and O–H groups in total. The Hall–Kier alpha value is -1.60. The van der Waals surface area contributed by atoms with Gasteiger partial charge in [-0.25, -0.2) is 4.98 Å². The quantitative estimate of drug-likeness (QED) is 0.810. The van der Waals surface area contributed by atoms with Crippen molar-refractivity contribution >= 4 is 5.82 Å². The van der Waals surface area contributed by atoms with Crippen LogP contribution in [0.15, 0.2) is 18.3 Å². The highest BCUT2D eigenvalue weighted by Gasteiger charge is 2.20. The molecule has 1 aromatic heterocycles. The molecular weight excluding hydrogens is 226 g/mol. The summed E-state index contributed by atoms with van der Waals surface area (Å²) < 4.78 is 0. The Morgan fingerprint density at radius 1 is 1.50 bits per heavy atom. The van der Waals surface area contributed by atoms with Crippen LogP contribution in [0.4, 0.5) is 5.82 Å². The summed E-state index contributed by atoms with van der Waals surface area (Å²) in [4.78, 5) is 4.10. The van der Waals surface area contributed by atoms with E-state index in [4.69, 9.17) is 5.26 Å². The van der Waals surface area contributed by atoms with Gasteiger partial charge in [0.2, 0.25) is 0 Å². The summed E-state index contributed by atoms with van der Waals surface area (Å²) in [5.41, 5.74) is -0.202. The lowest BCUT2D eigenvalue weighted by Gasteiger charge is -2.24. The van der Waals surface area contributed by atoms with E-state index < -0.39 is 5.60 Å². The van der Waals surface area contributed by atoms with E-state index in [1.807, 2.05) is 13.0 Å².